The van der Waals surface area contributed by atoms with Crippen LogP contribution >= 0.6 is 0 Å². The van der Waals surface area contributed by atoms with Crippen molar-refractivity contribution in [3.8, 4) is 0 Å². The fraction of sp³-hybridized carbons (Fsp3) is 0.129. The van der Waals surface area contributed by atoms with E-state index in [9.17, 15) is 0 Å². The number of fused-ring (bicyclic) bond motifs is 1. The van der Waals surface area contributed by atoms with E-state index in [2.05, 4.69) is 113 Å². The first-order valence-electron chi connectivity index (χ1n) is 11.8. The molecule has 0 bridgehead atoms. The zero-order chi connectivity index (χ0) is 21.7. The standard InChI is InChI=1S/C31H23N2/c1-20-27-18-31(22-11-4-2-5-12-22,23-13-6-3-7-14-23)26-17-9-16-25-24-15-8-10-21-19-32(20)30(28(21)24)33(27)29(25)26/h2-17H,18-19H2,1H3/q+1. The molecule has 0 saturated heterocycles. The van der Waals surface area contributed by atoms with E-state index in [1.54, 1.807) is 0 Å². The number of aromatic nitrogens is 2. The molecule has 6 aromatic rings. The summed E-state index contributed by atoms with van der Waals surface area (Å²) in [4.78, 5) is 0. The van der Waals surface area contributed by atoms with Crippen molar-refractivity contribution >= 4 is 27.3 Å². The second kappa shape index (κ2) is 5.90. The fourth-order valence-electron chi connectivity index (χ4n) is 6.82. The molecule has 0 unspecified atom stereocenters. The lowest BCUT2D eigenvalue weighted by atomic mass is 9.65. The molecule has 8 rings (SSSR count). The molecule has 0 saturated carbocycles. The Labute approximate surface area is 192 Å². The Balaban J connectivity index is 1.66. The monoisotopic (exact) mass is 423 g/mol. The van der Waals surface area contributed by atoms with Crippen LogP contribution in [0.1, 0.15) is 33.6 Å². The van der Waals surface area contributed by atoms with Gasteiger partial charge in [0.2, 0.25) is 0 Å². The van der Waals surface area contributed by atoms with Gasteiger partial charge < -0.3 is 0 Å². The van der Waals surface area contributed by atoms with Gasteiger partial charge in [-0.3, -0.25) is 0 Å². The molecular weight excluding hydrogens is 400 g/mol. The van der Waals surface area contributed by atoms with Gasteiger partial charge in [0.15, 0.2) is 5.69 Å². The van der Waals surface area contributed by atoms with Crippen molar-refractivity contribution in [2.45, 2.75) is 25.3 Å². The van der Waals surface area contributed by atoms with Crippen molar-refractivity contribution in [3.63, 3.8) is 0 Å². The molecule has 2 aromatic heterocycles. The third-order valence-electron chi connectivity index (χ3n) is 8.24. The van der Waals surface area contributed by atoms with E-state index in [4.69, 9.17) is 0 Å². The summed E-state index contributed by atoms with van der Waals surface area (Å²) in [5, 5.41) is 4.17. The summed E-state index contributed by atoms with van der Waals surface area (Å²) in [6, 6.07) is 36.1. The van der Waals surface area contributed by atoms with Gasteiger partial charge in [-0.15, -0.1) is 0 Å². The number of hydrogen-bond donors (Lipinski definition) is 0. The zero-order valence-electron chi connectivity index (χ0n) is 18.5. The van der Waals surface area contributed by atoms with Crippen molar-refractivity contribution in [1.29, 1.82) is 0 Å². The molecular formula is C31H23N2+. The van der Waals surface area contributed by atoms with Gasteiger partial charge in [-0.25, -0.2) is 4.57 Å². The predicted molar refractivity (Wildman–Crippen MR) is 133 cm³/mol. The molecule has 2 nitrogen and oxygen atoms in total. The van der Waals surface area contributed by atoms with Crippen LogP contribution in [0.2, 0.25) is 0 Å². The van der Waals surface area contributed by atoms with Gasteiger partial charge in [0.1, 0.15) is 17.8 Å². The Morgan fingerprint density at radius 2 is 1.39 bits per heavy atom. The summed E-state index contributed by atoms with van der Waals surface area (Å²) in [6.45, 7) is 3.29. The van der Waals surface area contributed by atoms with Crippen molar-refractivity contribution in [2.75, 3.05) is 0 Å². The molecule has 156 valence electrons. The van der Waals surface area contributed by atoms with Crippen LogP contribution in [0.25, 0.3) is 27.3 Å². The lowest BCUT2D eigenvalue weighted by molar-refractivity contribution is -0.493. The molecule has 0 amide bonds. The average Bonchev–Trinajstić information content (AvgIpc) is 3.39. The molecule has 0 N–H and O–H groups in total. The molecule has 0 spiro atoms. The third kappa shape index (κ3) is 1.95. The minimum atomic E-state index is -0.226. The van der Waals surface area contributed by atoms with Crippen LogP contribution in [0.5, 0.6) is 0 Å². The Morgan fingerprint density at radius 1 is 0.727 bits per heavy atom. The van der Waals surface area contributed by atoms with Crippen LogP contribution in [0, 0.1) is 6.92 Å². The normalized spacial score (nSPS) is 15.4. The highest BCUT2D eigenvalue weighted by Gasteiger charge is 2.47. The van der Waals surface area contributed by atoms with E-state index in [1.807, 2.05) is 0 Å². The first kappa shape index (κ1) is 17.6. The number of hydrogen-bond acceptors (Lipinski definition) is 0. The third-order valence-corrected chi connectivity index (χ3v) is 8.24. The van der Waals surface area contributed by atoms with E-state index in [1.165, 1.54) is 61.0 Å². The minimum absolute atomic E-state index is 0.226. The first-order chi connectivity index (χ1) is 16.3. The summed E-state index contributed by atoms with van der Waals surface area (Å²) in [5.41, 5.74) is 10.9. The highest BCUT2D eigenvalue weighted by molar-refractivity contribution is 6.12. The maximum absolute atomic E-state index is 2.60. The van der Waals surface area contributed by atoms with E-state index in [0.29, 0.717) is 0 Å². The summed E-state index contributed by atoms with van der Waals surface area (Å²) >= 11 is 0. The van der Waals surface area contributed by atoms with Gasteiger partial charge in [-0.2, -0.15) is 4.40 Å². The molecule has 4 heterocycles. The fourth-order valence-corrected chi connectivity index (χ4v) is 6.82. The first-order valence-corrected chi connectivity index (χ1v) is 11.8. The number of imidazole rings is 1. The van der Waals surface area contributed by atoms with Gasteiger partial charge in [0, 0.05) is 35.2 Å². The molecule has 2 heteroatoms. The molecule has 33 heavy (non-hydrogen) atoms. The second-order valence-corrected chi connectivity index (χ2v) is 9.63. The van der Waals surface area contributed by atoms with Crippen LogP contribution < -0.4 is 4.40 Å². The number of benzene rings is 4. The predicted octanol–water partition coefficient (Wildman–Crippen LogP) is 6.09. The quantitative estimate of drug-likeness (QED) is 0.235. The molecule has 0 atom stereocenters. The van der Waals surface area contributed by atoms with E-state index >= 15 is 0 Å². The second-order valence-electron chi connectivity index (χ2n) is 9.63. The molecule has 2 aliphatic rings. The molecule has 2 aliphatic heterocycles. The number of nitrogens with zero attached hydrogens (tertiary/aromatic N) is 2. The number of pyridine rings is 1. The number of rotatable bonds is 2. The Bertz CT molecular complexity index is 1720. The Kier molecular flexibility index (Phi) is 3.15. The molecule has 0 fully saturated rings. The van der Waals surface area contributed by atoms with Gasteiger partial charge in [0.05, 0.1) is 10.8 Å². The summed E-state index contributed by atoms with van der Waals surface area (Å²) < 4.78 is 5.15. The van der Waals surface area contributed by atoms with E-state index in [-0.39, 0.29) is 5.41 Å². The van der Waals surface area contributed by atoms with Gasteiger partial charge >= 0.3 is 0 Å². The molecule has 0 aliphatic carbocycles. The van der Waals surface area contributed by atoms with Crippen LogP contribution in [0.15, 0.2) is 97.1 Å². The maximum Gasteiger partial charge on any atom is 0.295 e. The summed E-state index contributed by atoms with van der Waals surface area (Å²) in [5.74, 6) is 0. The van der Waals surface area contributed by atoms with Crippen LogP contribution in [-0.2, 0) is 18.4 Å². The van der Waals surface area contributed by atoms with E-state index < -0.39 is 0 Å². The van der Waals surface area contributed by atoms with E-state index in [0.717, 1.165) is 13.0 Å². The maximum atomic E-state index is 2.60. The largest absolute Gasteiger partial charge is 0.295 e. The van der Waals surface area contributed by atoms with Crippen molar-refractivity contribution < 1.29 is 4.40 Å². The SMILES string of the molecule is Cc1c2[n+]3c4c(cccc4c4cccc5c4c3n1C5)C(c1ccccc1)(c1ccccc1)C2. The van der Waals surface area contributed by atoms with Crippen LogP contribution in [0.4, 0.5) is 0 Å². The topological polar surface area (TPSA) is 9.03 Å². The zero-order valence-corrected chi connectivity index (χ0v) is 18.5. The molecule has 4 aromatic carbocycles. The summed E-state index contributed by atoms with van der Waals surface area (Å²) in [7, 11) is 0. The highest BCUT2D eigenvalue weighted by atomic mass is 15.2. The van der Waals surface area contributed by atoms with Crippen molar-refractivity contribution in [3.05, 3.63) is 131 Å². The lowest BCUT2D eigenvalue weighted by Gasteiger charge is -2.37. The Morgan fingerprint density at radius 3 is 2.12 bits per heavy atom. The van der Waals surface area contributed by atoms with Gasteiger partial charge in [-0.1, -0.05) is 97.1 Å². The molecule has 0 radical (unpaired) electrons. The van der Waals surface area contributed by atoms with Gasteiger partial charge in [-0.05, 0) is 11.1 Å². The highest BCUT2D eigenvalue weighted by Crippen LogP contribution is 2.48. The minimum Gasteiger partial charge on any atom is -0.222 e. The summed E-state index contributed by atoms with van der Waals surface area (Å²) in [6.07, 6.45) is 0.959. The number of para-hydroxylation sites is 1. The van der Waals surface area contributed by atoms with Crippen LogP contribution in [-0.4, -0.2) is 4.57 Å². The smallest absolute Gasteiger partial charge is 0.222 e. The average molecular weight is 424 g/mol. The van der Waals surface area contributed by atoms with Crippen LogP contribution in [0.3, 0.4) is 0 Å². The van der Waals surface area contributed by atoms with Crippen molar-refractivity contribution in [2.24, 2.45) is 0 Å². The van der Waals surface area contributed by atoms with Gasteiger partial charge in [0.25, 0.3) is 5.65 Å². The van der Waals surface area contributed by atoms with Crippen molar-refractivity contribution in [1.82, 2.24) is 4.57 Å². The Hall–Kier alpha value is -3.91. The lowest BCUT2D eigenvalue weighted by Crippen LogP contribution is -2.43.